The largest absolute Gasteiger partial charge is 0.457 e. The lowest BCUT2D eigenvalue weighted by Gasteiger charge is -2.10. The second kappa shape index (κ2) is 8.11. The summed E-state index contributed by atoms with van der Waals surface area (Å²) >= 11 is 12.4. The van der Waals surface area contributed by atoms with E-state index >= 15 is 0 Å². The van der Waals surface area contributed by atoms with Gasteiger partial charge in [-0.2, -0.15) is 0 Å². The van der Waals surface area contributed by atoms with Crippen LogP contribution in [-0.4, -0.2) is 11.0 Å². The molecule has 1 aromatic heterocycles. The van der Waals surface area contributed by atoms with Crippen LogP contribution in [0.1, 0.15) is 9.67 Å². The average molecular weight is 389 g/mol. The fourth-order valence-electron chi connectivity index (χ4n) is 1.98. The molecule has 0 atom stereocenters. The summed E-state index contributed by atoms with van der Waals surface area (Å²) < 4.78 is 5.72. The molecule has 2 N–H and O–H groups in total. The van der Waals surface area contributed by atoms with E-state index in [2.05, 4.69) is 10.6 Å². The van der Waals surface area contributed by atoms with Crippen LogP contribution in [0.2, 0.25) is 5.02 Å². The first kappa shape index (κ1) is 17.4. The lowest BCUT2D eigenvalue weighted by Crippen LogP contribution is -2.33. The molecule has 0 bridgehead atoms. The highest BCUT2D eigenvalue weighted by molar-refractivity contribution is 7.80. The Kier molecular flexibility index (Phi) is 5.65. The molecule has 0 fully saturated rings. The van der Waals surface area contributed by atoms with Gasteiger partial charge in [-0.15, -0.1) is 11.3 Å². The van der Waals surface area contributed by atoms with Gasteiger partial charge in [0, 0.05) is 10.7 Å². The summed E-state index contributed by atoms with van der Waals surface area (Å²) in [4.78, 5) is 12.5. The number of thiocarbonyl (C=S) groups is 1. The van der Waals surface area contributed by atoms with Crippen LogP contribution in [0.3, 0.4) is 0 Å². The van der Waals surface area contributed by atoms with Crippen molar-refractivity contribution in [3.63, 3.8) is 0 Å². The topological polar surface area (TPSA) is 50.4 Å². The molecule has 2 aromatic carbocycles. The van der Waals surface area contributed by atoms with E-state index in [1.54, 1.807) is 42.5 Å². The first-order valence-electron chi connectivity index (χ1n) is 7.29. The highest BCUT2D eigenvalue weighted by Crippen LogP contribution is 2.24. The van der Waals surface area contributed by atoms with E-state index < -0.39 is 0 Å². The van der Waals surface area contributed by atoms with E-state index in [-0.39, 0.29) is 11.0 Å². The number of amides is 1. The lowest BCUT2D eigenvalue weighted by atomic mass is 10.3. The molecule has 3 aromatic rings. The van der Waals surface area contributed by atoms with E-state index in [1.165, 1.54) is 11.3 Å². The van der Waals surface area contributed by atoms with Gasteiger partial charge >= 0.3 is 0 Å². The zero-order valence-corrected chi connectivity index (χ0v) is 15.3. The van der Waals surface area contributed by atoms with E-state index in [0.29, 0.717) is 21.4 Å². The summed E-state index contributed by atoms with van der Waals surface area (Å²) in [5.74, 6) is 1.15. The fraction of sp³-hybridized carbons (Fsp3) is 0. The van der Waals surface area contributed by atoms with Crippen LogP contribution in [0, 0.1) is 0 Å². The number of carbonyl (C=O) groups excluding carboxylic acids is 1. The Bertz CT molecular complexity index is 863. The molecule has 0 saturated heterocycles. The number of ether oxygens (including phenoxy) is 1. The van der Waals surface area contributed by atoms with Crippen molar-refractivity contribution in [1.29, 1.82) is 0 Å². The van der Waals surface area contributed by atoms with Gasteiger partial charge in [0.05, 0.1) is 4.88 Å². The summed E-state index contributed by atoms with van der Waals surface area (Å²) in [6, 6.07) is 17.9. The Labute approximate surface area is 159 Å². The standard InChI is InChI=1S/C18H13ClN2O2S2/c19-12-3-7-14(8-4-12)23-15-9-5-13(6-10-15)20-18(24)21-17(22)16-2-1-11-25-16/h1-11H,(H2,20,21,22,24). The van der Waals surface area contributed by atoms with Gasteiger partial charge in [0.25, 0.3) is 5.91 Å². The molecule has 0 aliphatic carbocycles. The first-order chi connectivity index (χ1) is 12.1. The van der Waals surface area contributed by atoms with Crippen molar-refractivity contribution in [3.8, 4) is 11.5 Å². The average Bonchev–Trinajstić information content (AvgIpc) is 3.13. The quantitative estimate of drug-likeness (QED) is 0.594. The summed E-state index contributed by atoms with van der Waals surface area (Å²) in [6.07, 6.45) is 0. The van der Waals surface area contributed by atoms with Gasteiger partial charge in [-0.1, -0.05) is 17.7 Å². The Hall–Kier alpha value is -2.41. The zero-order valence-electron chi connectivity index (χ0n) is 12.9. The summed E-state index contributed by atoms with van der Waals surface area (Å²) in [5, 5.41) is 8.34. The molecule has 0 aliphatic rings. The minimum atomic E-state index is -0.227. The van der Waals surface area contributed by atoms with Gasteiger partial charge in [-0.3, -0.25) is 10.1 Å². The molecule has 1 amide bonds. The highest BCUT2D eigenvalue weighted by Gasteiger charge is 2.08. The molecule has 0 spiro atoms. The number of anilines is 1. The Morgan fingerprint density at radius 2 is 1.64 bits per heavy atom. The van der Waals surface area contributed by atoms with E-state index in [1.807, 2.05) is 23.6 Å². The maximum Gasteiger partial charge on any atom is 0.267 e. The van der Waals surface area contributed by atoms with Gasteiger partial charge in [0.15, 0.2) is 5.11 Å². The number of thiophene rings is 1. The van der Waals surface area contributed by atoms with Gasteiger partial charge in [0.1, 0.15) is 11.5 Å². The molecule has 25 heavy (non-hydrogen) atoms. The molecule has 126 valence electrons. The highest BCUT2D eigenvalue weighted by atomic mass is 35.5. The van der Waals surface area contributed by atoms with Crippen LogP contribution in [0.15, 0.2) is 66.0 Å². The van der Waals surface area contributed by atoms with Crippen LogP contribution in [0.4, 0.5) is 5.69 Å². The van der Waals surface area contributed by atoms with Gasteiger partial charge in [-0.25, -0.2) is 0 Å². The Morgan fingerprint density at radius 1 is 1.00 bits per heavy atom. The molecule has 0 radical (unpaired) electrons. The lowest BCUT2D eigenvalue weighted by molar-refractivity contribution is 0.0981. The fourth-order valence-corrected chi connectivity index (χ4v) is 2.94. The second-order valence-electron chi connectivity index (χ2n) is 4.97. The van der Waals surface area contributed by atoms with Crippen LogP contribution in [0.5, 0.6) is 11.5 Å². The van der Waals surface area contributed by atoms with Gasteiger partial charge < -0.3 is 10.1 Å². The molecular formula is C18H13ClN2O2S2. The van der Waals surface area contributed by atoms with Crippen LogP contribution < -0.4 is 15.4 Å². The van der Waals surface area contributed by atoms with Gasteiger partial charge in [0.2, 0.25) is 0 Å². The first-order valence-corrected chi connectivity index (χ1v) is 8.96. The van der Waals surface area contributed by atoms with Gasteiger partial charge in [-0.05, 0) is 72.2 Å². The number of rotatable bonds is 4. The number of hydrogen-bond donors (Lipinski definition) is 2. The summed E-state index contributed by atoms with van der Waals surface area (Å²) in [5.41, 5.74) is 0.750. The number of benzene rings is 2. The minimum absolute atomic E-state index is 0.227. The van der Waals surface area contributed by atoms with Crippen molar-refractivity contribution in [3.05, 3.63) is 75.9 Å². The third-order valence-corrected chi connectivity index (χ3v) is 4.46. The van der Waals surface area contributed by atoms with E-state index in [9.17, 15) is 4.79 Å². The molecule has 1 heterocycles. The maximum absolute atomic E-state index is 11.9. The SMILES string of the molecule is O=C(NC(=S)Nc1ccc(Oc2ccc(Cl)cc2)cc1)c1cccs1. The monoisotopic (exact) mass is 388 g/mol. The predicted octanol–water partition coefficient (Wildman–Crippen LogP) is 5.32. The number of hydrogen-bond acceptors (Lipinski definition) is 4. The molecule has 0 aliphatic heterocycles. The number of nitrogens with one attached hydrogen (secondary N) is 2. The molecule has 0 saturated carbocycles. The smallest absolute Gasteiger partial charge is 0.267 e. The van der Waals surface area contributed by atoms with Crippen LogP contribution >= 0.6 is 35.2 Å². The summed E-state index contributed by atoms with van der Waals surface area (Å²) in [6.45, 7) is 0. The summed E-state index contributed by atoms with van der Waals surface area (Å²) in [7, 11) is 0. The van der Waals surface area contributed by atoms with Crippen molar-refractivity contribution >= 4 is 51.9 Å². The predicted molar refractivity (Wildman–Crippen MR) is 106 cm³/mol. The number of halogens is 1. The molecular weight excluding hydrogens is 376 g/mol. The van der Waals surface area contributed by atoms with E-state index in [0.717, 1.165) is 5.69 Å². The number of carbonyl (C=O) groups is 1. The van der Waals surface area contributed by atoms with Crippen molar-refractivity contribution in [1.82, 2.24) is 5.32 Å². The minimum Gasteiger partial charge on any atom is -0.457 e. The molecule has 7 heteroatoms. The molecule has 0 unspecified atom stereocenters. The van der Waals surface area contributed by atoms with Crippen molar-refractivity contribution < 1.29 is 9.53 Å². The van der Waals surface area contributed by atoms with E-state index in [4.69, 9.17) is 28.6 Å². The second-order valence-corrected chi connectivity index (χ2v) is 6.76. The molecule has 4 nitrogen and oxygen atoms in total. The zero-order chi connectivity index (χ0) is 17.6. The third-order valence-electron chi connectivity index (χ3n) is 3.13. The van der Waals surface area contributed by atoms with Crippen LogP contribution in [-0.2, 0) is 0 Å². The van der Waals surface area contributed by atoms with Crippen molar-refractivity contribution in [2.24, 2.45) is 0 Å². The van der Waals surface area contributed by atoms with Crippen LogP contribution in [0.25, 0.3) is 0 Å². The Balaban J connectivity index is 1.56. The van der Waals surface area contributed by atoms with Crippen molar-refractivity contribution in [2.45, 2.75) is 0 Å². The molecule has 3 rings (SSSR count). The van der Waals surface area contributed by atoms with Crippen molar-refractivity contribution in [2.75, 3.05) is 5.32 Å². The Morgan fingerprint density at radius 3 is 2.24 bits per heavy atom. The normalized spacial score (nSPS) is 10.1. The third kappa shape index (κ3) is 5.03. The maximum atomic E-state index is 11.9.